The molecule has 3 aromatic carbocycles. The van der Waals surface area contributed by atoms with Crippen LogP contribution >= 0.6 is 0 Å². The highest BCUT2D eigenvalue weighted by atomic mass is 16.5. The van der Waals surface area contributed by atoms with E-state index in [1.54, 1.807) is 37.4 Å². The number of rotatable bonds is 6. The van der Waals surface area contributed by atoms with E-state index in [1.807, 2.05) is 30.3 Å². The lowest BCUT2D eigenvalue weighted by Gasteiger charge is -2.16. The Bertz CT molecular complexity index is 1280. The number of hydrogen-bond acceptors (Lipinski definition) is 6. The third-order valence-corrected chi connectivity index (χ3v) is 5.03. The third kappa shape index (κ3) is 3.90. The van der Waals surface area contributed by atoms with Crippen LogP contribution < -0.4 is 15.4 Å². The van der Waals surface area contributed by atoms with Gasteiger partial charge in [-0.25, -0.2) is 4.79 Å². The number of furan rings is 1. The Hall–Kier alpha value is -4.00. The quantitative estimate of drug-likeness (QED) is 0.436. The number of methoxy groups -OCH3 is 1. The summed E-state index contributed by atoms with van der Waals surface area (Å²) in [5.41, 5.74) is 2.76. The smallest absolute Gasteiger partial charge is 0.341 e. The van der Waals surface area contributed by atoms with Gasteiger partial charge in [0.2, 0.25) is 0 Å². The van der Waals surface area contributed by atoms with Gasteiger partial charge in [-0.2, -0.15) is 0 Å². The lowest BCUT2D eigenvalue weighted by Crippen LogP contribution is -2.30. The minimum atomic E-state index is -1.02. The average molecular weight is 418 g/mol. The van der Waals surface area contributed by atoms with Crippen LogP contribution in [0.2, 0.25) is 0 Å². The van der Waals surface area contributed by atoms with Crippen molar-refractivity contribution in [2.75, 3.05) is 24.8 Å². The Morgan fingerprint density at radius 1 is 0.935 bits per heavy atom. The summed E-state index contributed by atoms with van der Waals surface area (Å²) in [6.45, 7) is 1.52. The Balaban J connectivity index is 1.55. The van der Waals surface area contributed by atoms with Gasteiger partial charge in [0.15, 0.2) is 6.10 Å². The molecule has 0 aliphatic rings. The Morgan fingerprint density at radius 3 is 2.45 bits per heavy atom. The monoisotopic (exact) mass is 418 g/mol. The molecule has 4 rings (SSSR count). The summed E-state index contributed by atoms with van der Waals surface area (Å²) < 4.78 is 16.7. The molecule has 158 valence electrons. The molecular weight excluding hydrogens is 396 g/mol. The zero-order chi connectivity index (χ0) is 22.0. The first-order valence-electron chi connectivity index (χ1n) is 9.79. The second-order valence-corrected chi connectivity index (χ2v) is 6.98. The van der Waals surface area contributed by atoms with Crippen LogP contribution in [0, 0.1) is 0 Å². The van der Waals surface area contributed by atoms with Crippen molar-refractivity contribution in [2.24, 2.45) is 0 Å². The van der Waals surface area contributed by atoms with E-state index in [4.69, 9.17) is 13.9 Å². The molecule has 1 amide bonds. The van der Waals surface area contributed by atoms with Crippen LogP contribution in [0.25, 0.3) is 21.9 Å². The molecular formula is C24H22N2O5. The van der Waals surface area contributed by atoms with Crippen molar-refractivity contribution < 1.29 is 23.5 Å². The first-order valence-corrected chi connectivity index (χ1v) is 9.79. The molecule has 7 nitrogen and oxygen atoms in total. The molecule has 0 bridgehead atoms. The number of carbonyl (C=O) groups is 2. The van der Waals surface area contributed by atoms with Crippen LogP contribution in [-0.2, 0) is 9.53 Å². The van der Waals surface area contributed by atoms with Gasteiger partial charge >= 0.3 is 5.97 Å². The minimum Gasteiger partial charge on any atom is -0.495 e. The predicted molar refractivity (Wildman–Crippen MR) is 120 cm³/mol. The number of carbonyl (C=O) groups excluding carboxylic acids is 2. The van der Waals surface area contributed by atoms with Crippen molar-refractivity contribution in [2.45, 2.75) is 13.0 Å². The van der Waals surface area contributed by atoms with E-state index < -0.39 is 18.0 Å². The lowest BCUT2D eigenvalue weighted by atomic mass is 10.1. The van der Waals surface area contributed by atoms with E-state index in [0.717, 1.165) is 16.4 Å². The molecule has 2 N–H and O–H groups in total. The number of ether oxygens (including phenoxy) is 2. The standard InChI is InChI=1S/C24H22N2O5/c1-14(30-24(28)16-9-4-6-10-18(16)25-2)23(27)26-19-13-21-17(12-22(19)29-3)15-8-5-7-11-20(15)31-21/h4-14,25H,1-3H3,(H,26,27)/t14-/m0/s1. The van der Waals surface area contributed by atoms with E-state index in [-0.39, 0.29) is 0 Å². The SMILES string of the molecule is CNc1ccccc1C(=O)O[C@@H](C)C(=O)Nc1cc2oc3ccccc3c2cc1OC. The molecule has 0 aliphatic carbocycles. The molecule has 0 fully saturated rings. The number of anilines is 2. The molecule has 0 unspecified atom stereocenters. The molecule has 1 atom stereocenters. The van der Waals surface area contributed by atoms with Crippen LogP contribution in [0.4, 0.5) is 11.4 Å². The highest BCUT2D eigenvalue weighted by Crippen LogP contribution is 2.36. The van der Waals surface area contributed by atoms with Gasteiger partial charge in [-0.15, -0.1) is 0 Å². The maximum atomic E-state index is 12.7. The van der Waals surface area contributed by atoms with E-state index in [0.29, 0.717) is 28.3 Å². The van der Waals surface area contributed by atoms with Crippen molar-refractivity contribution in [3.63, 3.8) is 0 Å². The molecule has 4 aromatic rings. The maximum Gasteiger partial charge on any atom is 0.341 e. The van der Waals surface area contributed by atoms with E-state index in [9.17, 15) is 9.59 Å². The van der Waals surface area contributed by atoms with Crippen LogP contribution in [0.1, 0.15) is 17.3 Å². The van der Waals surface area contributed by atoms with Gasteiger partial charge in [0.25, 0.3) is 5.91 Å². The van der Waals surface area contributed by atoms with Crippen molar-refractivity contribution in [1.82, 2.24) is 0 Å². The van der Waals surface area contributed by atoms with Crippen LogP contribution in [0.3, 0.4) is 0 Å². The van der Waals surface area contributed by atoms with Gasteiger partial charge < -0.3 is 24.5 Å². The third-order valence-electron chi connectivity index (χ3n) is 5.03. The molecule has 0 saturated heterocycles. The fraction of sp³-hybridized carbons (Fsp3) is 0.167. The number of nitrogens with one attached hydrogen (secondary N) is 2. The summed E-state index contributed by atoms with van der Waals surface area (Å²) in [6, 6.07) is 18.1. The summed E-state index contributed by atoms with van der Waals surface area (Å²) in [5, 5.41) is 7.54. The predicted octanol–water partition coefficient (Wildman–Crippen LogP) is 4.82. The normalized spacial score (nSPS) is 11.8. The van der Waals surface area contributed by atoms with Crippen molar-refractivity contribution in [3.05, 3.63) is 66.2 Å². The number of esters is 1. The van der Waals surface area contributed by atoms with E-state index >= 15 is 0 Å². The average Bonchev–Trinajstić information content (AvgIpc) is 3.15. The largest absolute Gasteiger partial charge is 0.495 e. The van der Waals surface area contributed by atoms with Gasteiger partial charge in [-0.3, -0.25) is 4.79 Å². The van der Waals surface area contributed by atoms with Gasteiger partial charge in [0.1, 0.15) is 16.9 Å². The van der Waals surface area contributed by atoms with Crippen molar-refractivity contribution in [1.29, 1.82) is 0 Å². The number of fused-ring (bicyclic) bond motifs is 3. The lowest BCUT2D eigenvalue weighted by molar-refractivity contribution is -0.123. The highest BCUT2D eigenvalue weighted by Gasteiger charge is 2.22. The number of hydrogen-bond donors (Lipinski definition) is 2. The van der Waals surface area contributed by atoms with Gasteiger partial charge in [-0.05, 0) is 31.2 Å². The summed E-state index contributed by atoms with van der Waals surface area (Å²) >= 11 is 0. The number of para-hydroxylation sites is 2. The summed E-state index contributed by atoms with van der Waals surface area (Å²) in [5.74, 6) is -0.595. The topological polar surface area (TPSA) is 89.8 Å². The molecule has 7 heteroatoms. The first kappa shape index (κ1) is 20.3. The van der Waals surface area contributed by atoms with E-state index in [1.165, 1.54) is 14.0 Å². The molecule has 0 spiro atoms. The van der Waals surface area contributed by atoms with Gasteiger partial charge in [-0.1, -0.05) is 30.3 Å². The molecule has 0 saturated carbocycles. The zero-order valence-corrected chi connectivity index (χ0v) is 17.4. The second kappa shape index (κ2) is 8.39. The number of amides is 1. The Labute approximate surface area is 178 Å². The van der Waals surface area contributed by atoms with Crippen LogP contribution in [-0.4, -0.2) is 32.1 Å². The summed E-state index contributed by atoms with van der Waals surface area (Å²) in [4.78, 5) is 25.2. The molecule has 31 heavy (non-hydrogen) atoms. The number of benzene rings is 3. The molecule has 0 radical (unpaired) electrons. The van der Waals surface area contributed by atoms with Crippen molar-refractivity contribution in [3.8, 4) is 5.75 Å². The van der Waals surface area contributed by atoms with Gasteiger partial charge in [0.05, 0.1) is 18.4 Å². The maximum absolute atomic E-state index is 12.7. The molecule has 0 aliphatic heterocycles. The van der Waals surface area contributed by atoms with Crippen LogP contribution in [0.15, 0.2) is 65.1 Å². The van der Waals surface area contributed by atoms with Gasteiger partial charge in [0, 0.05) is 29.6 Å². The fourth-order valence-electron chi connectivity index (χ4n) is 3.41. The second-order valence-electron chi connectivity index (χ2n) is 6.98. The van der Waals surface area contributed by atoms with Crippen molar-refractivity contribution >= 4 is 45.2 Å². The summed E-state index contributed by atoms with van der Waals surface area (Å²) in [6.07, 6.45) is -1.02. The zero-order valence-electron chi connectivity index (χ0n) is 17.4. The van der Waals surface area contributed by atoms with E-state index in [2.05, 4.69) is 10.6 Å². The fourth-order valence-corrected chi connectivity index (χ4v) is 3.41. The molecule has 1 aromatic heterocycles. The first-order chi connectivity index (χ1) is 15.0. The van der Waals surface area contributed by atoms with Crippen LogP contribution in [0.5, 0.6) is 5.75 Å². The molecule has 1 heterocycles. The summed E-state index contributed by atoms with van der Waals surface area (Å²) in [7, 11) is 3.24. The Morgan fingerprint density at radius 2 is 1.68 bits per heavy atom. The Kier molecular flexibility index (Phi) is 5.49. The highest BCUT2D eigenvalue weighted by molar-refractivity contribution is 6.08. The minimum absolute atomic E-state index is 0.353.